The van der Waals surface area contributed by atoms with Crippen molar-refractivity contribution in [3.8, 4) is 6.07 Å². The fraction of sp³-hybridized carbons (Fsp3) is 0.571. The van der Waals surface area contributed by atoms with Crippen LogP contribution in [-0.4, -0.2) is 69.9 Å². The highest BCUT2D eigenvalue weighted by atomic mass is 35.5. The van der Waals surface area contributed by atoms with E-state index in [4.69, 9.17) is 25.8 Å². The third-order valence-electron chi connectivity index (χ3n) is 6.84. The molecule has 1 saturated heterocycles. The number of alkyl halides is 1. The van der Waals surface area contributed by atoms with Crippen LogP contribution in [0.5, 0.6) is 0 Å². The lowest BCUT2D eigenvalue weighted by Gasteiger charge is -2.31. The third-order valence-corrected chi connectivity index (χ3v) is 7.06. The topological polar surface area (TPSA) is 123 Å². The molecule has 0 radical (unpaired) electrons. The lowest BCUT2D eigenvalue weighted by Crippen LogP contribution is -2.46. The average Bonchev–Trinajstić information content (AvgIpc) is 3.51. The van der Waals surface area contributed by atoms with Crippen LogP contribution in [0.15, 0.2) is 18.2 Å². The van der Waals surface area contributed by atoms with Crippen molar-refractivity contribution in [1.82, 2.24) is 14.8 Å². The van der Waals surface area contributed by atoms with Gasteiger partial charge in [-0.2, -0.15) is 5.26 Å². The summed E-state index contributed by atoms with van der Waals surface area (Å²) in [5.74, 6) is -0.833. The molecule has 210 valence electrons. The van der Waals surface area contributed by atoms with Crippen LogP contribution in [0.3, 0.4) is 0 Å². The molecule has 4 rings (SSSR count). The molecule has 1 aliphatic heterocycles. The predicted molar refractivity (Wildman–Crippen MR) is 145 cm³/mol. The van der Waals surface area contributed by atoms with Gasteiger partial charge < -0.3 is 24.1 Å². The number of hydrogen-bond acceptors (Lipinski definition) is 7. The second kappa shape index (κ2) is 11.3. The lowest BCUT2D eigenvalue weighted by atomic mass is 10.1. The Hall–Kier alpha value is -3.45. The van der Waals surface area contributed by atoms with Crippen LogP contribution in [0.2, 0.25) is 0 Å². The second-order valence-corrected chi connectivity index (χ2v) is 11.5. The maximum absolute atomic E-state index is 13.2. The summed E-state index contributed by atoms with van der Waals surface area (Å²) < 4.78 is 18.7. The second-order valence-electron chi connectivity index (χ2n) is 11.3. The number of carbonyl (C=O) groups is 3. The molecule has 10 nitrogen and oxygen atoms in total. The third kappa shape index (κ3) is 6.41. The fourth-order valence-electron chi connectivity index (χ4n) is 5.40. The fourth-order valence-corrected chi connectivity index (χ4v) is 5.46. The van der Waals surface area contributed by atoms with E-state index in [0.717, 1.165) is 22.2 Å². The van der Waals surface area contributed by atoms with Crippen LogP contribution in [0.1, 0.15) is 57.9 Å². The van der Waals surface area contributed by atoms with E-state index in [1.165, 1.54) is 0 Å². The summed E-state index contributed by atoms with van der Waals surface area (Å²) in [5.41, 5.74) is 2.77. The Kier molecular flexibility index (Phi) is 8.31. The number of alkyl carbamates (subject to hydrolysis) is 1. The molecule has 1 aromatic carbocycles. The van der Waals surface area contributed by atoms with Crippen LogP contribution in [0, 0.1) is 11.3 Å². The summed E-state index contributed by atoms with van der Waals surface area (Å²) in [4.78, 5) is 39.2. The van der Waals surface area contributed by atoms with Gasteiger partial charge in [-0.3, -0.25) is 9.69 Å². The summed E-state index contributed by atoms with van der Waals surface area (Å²) in [6.07, 6.45) is -0.183. The molecule has 0 bridgehead atoms. The number of hydrogen-bond donors (Lipinski definition) is 1. The smallest absolute Gasteiger partial charge is 0.410 e. The van der Waals surface area contributed by atoms with E-state index in [1.54, 1.807) is 45.6 Å². The zero-order chi connectivity index (χ0) is 28.5. The van der Waals surface area contributed by atoms with Gasteiger partial charge in [-0.1, -0.05) is 0 Å². The van der Waals surface area contributed by atoms with Gasteiger partial charge in [0.2, 0.25) is 0 Å². The Bertz CT molecular complexity index is 1310. The van der Waals surface area contributed by atoms with Crippen molar-refractivity contribution in [3.05, 3.63) is 35.0 Å². The van der Waals surface area contributed by atoms with E-state index in [1.807, 2.05) is 12.1 Å². The number of nitrogens with zero attached hydrogens (tertiary/aromatic N) is 3. The van der Waals surface area contributed by atoms with E-state index in [9.17, 15) is 19.6 Å². The number of halogens is 1. The van der Waals surface area contributed by atoms with Crippen molar-refractivity contribution in [2.45, 2.75) is 90.3 Å². The predicted octanol–water partition coefficient (Wildman–Crippen LogP) is 4.27. The normalized spacial score (nSPS) is 20.6. The van der Waals surface area contributed by atoms with Crippen LogP contribution >= 0.6 is 11.6 Å². The van der Waals surface area contributed by atoms with Crippen molar-refractivity contribution in [2.24, 2.45) is 0 Å². The minimum atomic E-state index is -0.689. The molecule has 1 N–H and O–H groups in total. The monoisotopic (exact) mass is 558 g/mol. The largest absolute Gasteiger partial charge is 0.459 e. The number of esters is 1. The first kappa shape index (κ1) is 28.6. The standard InChI is InChI=1S/C28H35ClN4O6/c1-16(2)37-26(35)31-18-11-20-19-10-17(14-30)6-7-21(19)33(22(20)12-18)15-23-24(38-25(34)13-29)8-9-32(23)27(36)39-28(3,4)5/h6-7,10,16,18,23-24H,8-9,11-13,15H2,1-5H3,(H,31,35)/t18-,23?,24?/m0/s1. The lowest BCUT2D eigenvalue weighted by molar-refractivity contribution is -0.147. The summed E-state index contributed by atoms with van der Waals surface area (Å²) in [5, 5.41) is 13.4. The zero-order valence-electron chi connectivity index (χ0n) is 23.0. The number of fused-ring (bicyclic) bond motifs is 3. The van der Waals surface area contributed by atoms with Crippen molar-refractivity contribution in [2.75, 3.05) is 12.4 Å². The number of amides is 2. The Morgan fingerprint density at radius 2 is 1.97 bits per heavy atom. The summed E-state index contributed by atoms with van der Waals surface area (Å²) in [6.45, 7) is 9.69. The highest BCUT2D eigenvalue weighted by Gasteiger charge is 2.42. The molecule has 0 spiro atoms. The molecule has 2 aromatic rings. The Labute approximate surface area is 233 Å². The number of nitriles is 1. The number of likely N-dealkylation sites (tertiary alicyclic amines) is 1. The van der Waals surface area contributed by atoms with Crippen molar-refractivity contribution >= 4 is 40.7 Å². The molecule has 1 fully saturated rings. The van der Waals surface area contributed by atoms with Gasteiger partial charge in [-0.25, -0.2) is 9.59 Å². The van der Waals surface area contributed by atoms with Gasteiger partial charge in [-0.05, 0) is 64.8 Å². The van der Waals surface area contributed by atoms with E-state index in [-0.39, 0.29) is 18.0 Å². The molecular weight excluding hydrogens is 524 g/mol. The van der Waals surface area contributed by atoms with Gasteiger partial charge in [0.1, 0.15) is 17.6 Å². The van der Waals surface area contributed by atoms with Crippen molar-refractivity contribution in [3.63, 3.8) is 0 Å². The summed E-state index contributed by atoms with van der Waals surface area (Å²) in [6, 6.07) is 7.02. The van der Waals surface area contributed by atoms with Gasteiger partial charge in [0, 0.05) is 48.6 Å². The number of nitrogens with one attached hydrogen (secondary N) is 1. The maximum Gasteiger partial charge on any atom is 0.410 e. The summed E-state index contributed by atoms with van der Waals surface area (Å²) >= 11 is 5.72. The van der Waals surface area contributed by atoms with Gasteiger partial charge in [-0.15, -0.1) is 11.6 Å². The van der Waals surface area contributed by atoms with Crippen LogP contribution < -0.4 is 5.32 Å². The summed E-state index contributed by atoms with van der Waals surface area (Å²) in [7, 11) is 0. The van der Waals surface area contributed by atoms with Crippen molar-refractivity contribution < 1.29 is 28.6 Å². The molecule has 3 atom stereocenters. The zero-order valence-corrected chi connectivity index (χ0v) is 23.7. The minimum absolute atomic E-state index is 0.182. The van der Waals surface area contributed by atoms with Crippen LogP contribution in [0.25, 0.3) is 10.9 Å². The molecule has 2 heterocycles. The Balaban J connectivity index is 1.70. The van der Waals surface area contributed by atoms with E-state index in [2.05, 4.69) is 16.0 Å². The SMILES string of the molecule is CC(C)OC(=O)N[C@H]1Cc2c(n(CC3C(OC(=O)CCl)CCN3C(=O)OC(C)(C)C)c3ccc(C#N)cc23)C1. The number of ether oxygens (including phenoxy) is 3. The van der Waals surface area contributed by atoms with Gasteiger partial charge in [0.05, 0.1) is 23.8 Å². The Morgan fingerprint density at radius 1 is 1.23 bits per heavy atom. The molecule has 1 aromatic heterocycles. The highest BCUT2D eigenvalue weighted by Crippen LogP contribution is 2.36. The average molecular weight is 559 g/mol. The Morgan fingerprint density at radius 3 is 2.62 bits per heavy atom. The van der Waals surface area contributed by atoms with Crippen LogP contribution in [0.4, 0.5) is 9.59 Å². The van der Waals surface area contributed by atoms with Crippen molar-refractivity contribution in [1.29, 1.82) is 5.26 Å². The number of carbonyl (C=O) groups excluding carboxylic acids is 3. The first-order chi connectivity index (χ1) is 18.4. The number of rotatable bonds is 6. The number of aromatic nitrogens is 1. The highest BCUT2D eigenvalue weighted by molar-refractivity contribution is 6.26. The first-order valence-corrected chi connectivity index (χ1v) is 13.7. The van der Waals surface area contributed by atoms with E-state index < -0.39 is 35.9 Å². The molecule has 2 aliphatic rings. The minimum Gasteiger partial charge on any atom is -0.459 e. The first-order valence-electron chi connectivity index (χ1n) is 13.2. The number of benzene rings is 1. The van der Waals surface area contributed by atoms with Crippen LogP contribution in [-0.2, 0) is 38.4 Å². The van der Waals surface area contributed by atoms with Gasteiger partial charge >= 0.3 is 18.2 Å². The maximum atomic E-state index is 13.2. The molecule has 1 aliphatic carbocycles. The van der Waals surface area contributed by atoms with Gasteiger partial charge in [0.15, 0.2) is 0 Å². The molecule has 2 unspecified atom stereocenters. The molecule has 11 heteroatoms. The molecule has 39 heavy (non-hydrogen) atoms. The van der Waals surface area contributed by atoms with Gasteiger partial charge in [0.25, 0.3) is 0 Å². The molecular formula is C28H35ClN4O6. The van der Waals surface area contributed by atoms with E-state index in [0.29, 0.717) is 37.9 Å². The van der Waals surface area contributed by atoms with E-state index >= 15 is 0 Å². The quantitative estimate of drug-likeness (QED) is 0.319. The molecule has 2 amide bonds. The molecule has 0 saturated carbocycles.